The van der Waals surface area contributed by atoms with Gasteiger partial charge in [0.2, 0.25) is 0 Å². The molecule has 212 valence electrons. The fraction of sp³-hybridized carbons (Fsp3) is 0.0732. The van der Waals surface area contributed by atoms with E-state index in [-0.39, 0.29) is 5.41 Å². The number of nitrogens with zero attached hydrogens (tertiary/aromatic N) is 2. The lowest BCUT2D eigenvalue weighted by molar-refractivity contribution is 0.653. The van der Waals surface area contributed by atoms with Gasteiger partial charge in [-0.3, -0.25) is 0 Å². The van der Waals surface area contributed by atoms with Crippen molar-refractivity contribution in [3.63, 3.8) is 0 Å². The maximum Gasteiger partial charge on any atom is 0.160 e. The maximum atomic E-state index is 6.58. The minimum Gasteiger partial charge on any atom is -0.455 e. The Bertz CT molecular complexity index is 2680. The van der Waals surface area contributed by atoms with Crippen molar-refractivity contribution in [3.05, 3.63) is 132 Å². The molecule has 0 saturated heterocycles. The minimum absolute atomic E-state index is 0.155. The number of thiophene rings is 1. The van der Waals surface area contributed by atoms with Crippen LogP contribution in [0.3, 0.4) is 0 Å². The monoisotopic (exact) mass is 594 g/mol. The molecular formula is C41H26N2OS. The van der Waals surface area contributed by atoms with E-state index in [1.165, 1.54) is 42.4 Å². The zero-order valence-corrected chi connectivity index (χ0v) is 25.6. The Morgan fingerprint density at radius 1 is 0.600 bits per heavy atom. The Balaban J connectivity index is 1.28. The second-order valence-electron chi connectivity index (χ2n) is 12.5. The van der Waals surface area contributed by atoms with Gasteiger partial charge in [-0.2, -0.15) is 0 Å². The molecule has 6 aromatic carbocycles. The summed E-state index contributed by atoms with van der Waals surface area (Å²) >= 11 is 1.82. The van der Waals surface area contributed by atoms with E-state index in [9.17, 15) is 0 Å². The summed E-state index contributed by atoms with van der Waals surface area (Å²) < 4.78 is 9.09. The van der Waals surface area contributed by atoms with Crippen molar-refractivity contribution in [1.29, 1.82) is 0 Å². The number of para-hydroxylation sites is 1. The number of aromatic nitrogens is 2. The predicted molar refractivity (Wildman–Crippen MR) is 188 cm³/mol. The predicted octanol–water partition coefficient (Wildman–Crippen LogP) is 11.5. The first-order chi connectivity index (χ1) is 22.1. The van der Waals surface area contributed by atoms with Crippen LogP contribution in [-0.4, -0.2) is 9.97 Å². The van der Waals surface area contributed by atoms with Gasteiger partial charge in [0.15, 0.2) is 5.82 Å². The van der Waals surface area contributed by atoms with Crippen LogP contribution in [0, 0.1) is 0 Å². The maximum absolute atomic E-state index is 6.58. The fourth-order valence-electron chi connectivity index (χ4n) is 7.51. The van der Waals surface area contributed by atoms with Crippen molar-refractivity contribution in [2.45, 2.75) is 19.3 Å². The smallest absolute Gasteiger partial charge is 0.160 e. The molecule has 0 atom stereocenters. The average molecular weight is 595 g/mol. The summed E-state index contributed by atoms with van der Waals surface area (Å²) in [5.41, 5.74) is 10.7. The van der Waals surface area contributed by atoms with E-state index in [4.69, 9.17) is 14.4 Å². The molecule has 0 amide bonds. The van der Waals surface area contributed by atoms with E-state index in [1.807, 2.05) is 17.4 Å². The highest BCUT2D eigenvalue weighted by Crippen LogP contribution is 2.53. The summed E-state index contributed by atoms with van der Waals surface area (Å²) in [5.74, 6) is 0.731. The number of furan rings is 1. The van der Waals surface area contributed by atoms with Crippen LogP contribution in [0.5, 0.6) is 0 Å². The first-order valence-electron chi connectivity index (χ1n) is 15.3. The summed E-state index contributed by atoms with van der Waals surface area (Å²) in [6, 6.07) is 43.1. The molecule has 3 heterocycles. The number of rotatable bonds is 2. The van der Waals surface area contributed by atoms with Gasteiger partial charge in [-0.25, -0.2) is 9.97 Å². The van der Waals surface area contributed by atoms with E-state index in [0.717, 1.165) is 55.5 Å². The number of fused-ring (bicyclic) bond motifs is 12. The molecule has 4 heteroatoms. The van der Waals surface area contributed by atoms with Crippen LogP contribution in [0.25, 0.3) is 86.8 Å². The van der Waals surface area contributed by atoms with E-state index in [1.54, 1.807) is 0 Å². The fourth-order valence-corrected chi connectivity index (χ4v) is 8.61. The van der Waals surface area contributed by atoms with Crippen LogP contribution in [0.15, 0.2) is 126 Å². The molecule has 0 unspecified atom stereocenters. The summed E-state index contributed by atoms with van der Waals surface area (Å²) in [4.78, 5) is 10.7. The SMILES string of the molecule is CC1(C)c2ccc(-c3nc(-c4ccccc4)c4ccc5sc6ccccc6c5c4n3)cc2-c2c1ccc1c2oc2ccccc21. The van der Waals surface area contributed by atoms with Crippen LogP contribution < -0.4 is 0 Å². The van der Waals surface area contributed by atoms with Crippen molar-refractivity contribution in [2.24, 2.45) is 0 Å². The molecule has 0 bridgehead atoms. The van der Waals surface area contributed by atoms with Crippen LogP contribution >= 0.6 is 11.3 Å². The van der Waals surface area contributed by atoms with E-state index < -0.39 is 0 Å². The number of benzene rings is 6. The van der Waals surface area contributed by atoms with Gasteiger partial charge in [0.25, 0.3) is 0 Å². The third-order valence-electron chi connectivity index (χ3n) is 9.69. The second kappa shape index (κ2) is 8.87. The van der Waals surface area contributed by atoms with Crippen LogP contribution in [0.2, 0.25) is 0 Å². The quantitative estimate of drug-likeness (QED) is 0.200. The Labute approximate surface area is 263 Å². The Morgan fingerprint density at radius 3 is 2.24 bits per heavy atom. The van der Waals surface area contributed by atoms with Crippen LogP contribution in [-0.2, 0) is 5.41 Å². The van der Waals surface area contributed by atoms with Crippen LogP contribution in [0.4, 0.5) is 0 Å². The zero-order valence-electron chi connectivity index (χ0n) is 24.8. The first-order valence-corrected chi connectivity index (χ1v) is 16.2. The molecule has 0 radical (unpaired) electrons. The molecule has 3 aromatic heterocycles. The third-order valence-corrected chi connectivity index (χ3v) is 10.8. The summed E-state index contributed by atoms with van der Waals surface area (Å²) in [7, 11) is 0. The largest absolute Gasteiger partial charge is 0.455 e. The lowest BCUT2D eigenvalue weighted by Crippen LogP contribution is -2.14. The number of hydrogen-bond donors (Lipinski definition) is 0. The molecule has 3 nitrogen and oxygen atoms in total. The Morgan fingerprint density at radius 2 is 1.36 bits per heavy atom. The highest BCUT2D eigenvalue weighted by molar-refractivity contribution is 7.26. The summed E-state index contributed by atoms with van der Waals surface area (Å²) in [5, 5.41) is 5.81. The summed E-state index contributed by atoms with van der Waals surface area (Å²) in [6.07, 6.45) is 0. The molecule has 0 fully saturated rings. The second-order valence-corrected chi connectivity index (χ2v) is 13.6. The molecule has 9 aromatic rings. The van der Waals surface area contributed by atoms with Gasteiger partial charge in [0.05, 0.1) is 11.2 Å². The van der Waals surface area contributed by atoms with Crippen LogP contribution in [0.1, 0.15) is 25.0 Å². The Kier molecular flexibility index (Phi) is 4.94. The van der Waals surface area contributed by atoms with Gasteiger partial charge in [-0.05, 0) is 47.0 Å². The molecule has 1 aliphatic rings. The first kappa shape index (κ1) is 25.1. The van der Waals surface area contributed by atoms with E-state index >= 15 is 0 Å². The van der Waals surface area contributed by atoms with Gasteiger partial charge in [0.1, 0.15) is 11.2 Å². The molecule has 0 saturated carbocycles. The molecule has 45 heavy (non-hydrogen) atoms. The van der Waals surface area contributed by atoms with Crippen molar-refractivity contribution >= 4 is 64.4 Å². The van der Waals surface area contributed by atoms with Gasteiger partial charge in [-0.15, -0.1) is 11.3 Å². The van der Waals surface area contributed by atoms with Crippen molar-refractivity contribution in [2.75, 3.05) is 0 Å². The molecule has 0 N–H and O–H groups in total. The average Bonchev–Trinajstić information content (AvgIpc) is 3.72. The van der Waals surface area contributed by atoms with Crippen molar-refractivity contribution in [3.8, 4) is 33.8 Å². The lowest BCUT2D eigenvalue weighted by Gasteiger charge is -2.21. The topological polar surface area (TPSA) is 38.9 Å². The highest BCUT2D eigenvalue weighted by atomic mass is 32.1. The minimum atomic E-state index is -0.155. The highest BCUT2D eigenvalue weighted by Gasteiger charge is 2.38. The molecule has 10 rings (SSSR count). The summed E-state index contributed by atoms with van der Waals surface area (Å²) in [6.45, 7) is 4.62. The Hall–Kier alpha value is -5.32. The zero-order chi connectivity index (χ0) is 29.9. The van der Waals surface area contributed by atoms with Crippen molar-refractivity contribution in [1.82, 2.24) is 9.97 Å². The normalized spacial score (nSPS) is 13.7. The van der Waals surface area contributed by atoms with E-state index in [2.05, 4.69) is 129 Å². The van der Waals surface area contributed by atoms with E-state index in [0.29, 0.717) is 0 Å². The number of hydrogen-bond acceptors (Lipinski definition) is 4. The molecule has 1 aliphatic carbocycles. The van der Waals surface area contributed by atoms with Gasteiger partial charge in [-0.1, -0.05) is 105 Å². The van der Waals surface area contributed by atoms with Crippen molar-refractivity contribution < 1.29 is 4.42 Å². The molecular weight excluding hydrogens is 569 g/mol. The standard InChI is InChI=1S/C41H26N2OS/c1-41(2)30-19-16-24(22-29(30)35-31(41)20-17-26-25-12-6-8-14-32(25)44-39(26)35)40-42-37(23-10-4-3-5-11-23)28-18-21-34-36(38(28)43-40)27-13-7-9-15-33(27)45-34/h3-22H,1-2H3. The van der Waals surface area contributed by atoms with Gasteiger partial charge in [0, 0.05) is 58.4 Å². The third kappa shape index (κ3) is 3.40. The lowest BCUT2D eigenvalue weighted by atomic mass is 9.82. The molecule has 0 spiro atoms. The molecule has 0 aliphatic heterocycles. The van der Waals surface area contributed by atoms with Gasteiger partial charge < -0.3 is 4.42 Å². The van der Waals surface area contributed by atoms with Gasteiger partial charge >= 0.3 is 0 Å².